The van der Waals surface area contributed by atoms with Crippen LogP contribution in [0, 0.1) is 0 Å². The fraction of sp³-hybridized carbons (Fsp3) is 0.158. The van der Waals surface area contributed by atoms with E-state index >= 15 is 0 Å². The van der Waals surface area contributed by atoms with Crippen molar-refractivity contribution in [2.45, 2.75) is 13.0 Å². The minimum absolute atomic E-state index is 0.282. The number of carbonyl (C=O) groups is 4. The molecular weight excluding hydrogens is 336 g/mol. The number of amides is 2. The molecule has 2 amide bonds. The quantitative estimate of drug-likeness (QED) is 0.671. The van der Waals surface area contributed by atoms with Gasteiger partial charge >= 0.3 is 5.97 Å². The second kappa shape index (κ2) is 6.79. The smallest absolute Gasteiger partial charge is 0.337 e. The van der Waals surface area contributed by atoms with Crippen molar-refractivity contribution in [1.29, 1.82) is 0 Å². The predicted molar refractivity (Wildman–Crippen MR) is 94.1 cm³/mol. The maximum Gasteiger partial charge on any atom is 0.337 e. The molecule has 3 rings (SSSR count). The van der Waals surface area contributed by atoms with E-state index in [1.165, 1.54) is 25.0 Å². The van der Waals surface area contributed by atoms with Crippen molar-refractivity contribution in [3.05, 3.63) is 59.7 Å². The number of benzene rings is 2. The Morgan fingerprint density at radius 1 is 1.08 bits per heavy atom. The average molecular weight is 352 g/mol. The predicted octanol–water partition coefficient (Wildman–Crippen LogP) is 2.03. The second-order valence-corrected chi connectivity index (χ2v) is 5.76. The first-order valence-corrected chi connectivity index (χ1v) is 7.90. The highest BCUT2D eigenvalue weighted by molar-refractivity contribution is 6.52. The Balaban J connectivity index is 1.82. The van der Waals surface area contributed by atoms with Crippen LogP contribution in [0.15, 0.2) is 48.5 Å². The number of methoxy groups -OCH3 is 1. The highest BCUT2D eigenvalue weighted by atomic mass is 16.5. The molecule has 0 saturated heterocycles. The van der Waals surface area contributed by atoms with E-state index in [1.54, 1.807) is 42.5 Å². The Kier molecular flexibility index (Phi) is 4.53. The molecule has 0 saturated carbocycles. The number of ketones is 1. The molecule has 1 aliphatic heterocycles. The third kappa shape index (κ3) is 2.95. The first-order valence-electron chi connectivity index (χ1n) is 7.90. The van der Waals surface area contributed by atoms with Gasteiger partial charge in [-0.3, -0.25) is 19.3 Å². The van der Waals surface area contributed by atoms with Gasteiger partial charge in [-0.2, -0.15) is 0 Å². The molecule has 26 heavy (non-hydrogen) atoms. The lowest BCUT2D eigenvalue weighted by molar-refractivity contribution is -0.120. The summed E-state index contributed by atoms with van der Waals surface area (Å²) < 4.78 is 4.65. The van der Waals surface area contributed by atoms with Gasteiger partial charge in [-0.1, -0.05) is 18.2 Å². The van der Waals surface area contributed by atoms with E-state index in [2.05, 4.69) is 10.1 Å². The summed E-state index contributed by atoms with van der Waals surface area (Å²) in [5.74, 6) is -2.38. The van der Waals surface area contributed by atoms with Crippen LogP contribution in [0.25, 0.3) is 0 Å². The van der Waals surface area contributed by atoms with Crippen molar-refractivity contribution in [3.63, 3.8) is 0 Å². The molecule has 0 aliphatic carbocycles. The van der Waals surface area contributed by atoms with Gasteiger partial charge in [0, 0.05) is 5.69 Å². The average Bonchev–Trinajstić information content (AvgIpc) is 2.91. The van der Waals surface area contributed by atoms with Crippen LogP contribution in [0.1, 0.15) is 27.6 Å². The number of esters is 1. The molecule has 0 spiro atoms. The van der Waals surface area contributed by atoms with Gasteiger partial charge in [-0.05, 0) is 37.3 Å². The monoisotopic (exact) mass is 352 g/mol. The third-order valence-electron chi connectivity index (χ3n) is 4.14. The number of nitrogens with zero attached hydrogens (tertiary/aromatic N) is 1. The number of anilines is 2. The molecule has 1 atom stereocenters. The number of para-hydroxylation sites is 1. The van der Waals surface area contributed by atoms with E-state index in [4.69, 9.17) is 0 Å². The number of hydrogen-bond donors (Lipinski definition) is 1. The van der Waals surface area contributed by atoms with Gasteiger partial charge in [0.2, 0.25) is 5.91 Å². The fourth-order valence-electron chi connectivity index (χ4n) is 2.80. The van der Waals surface area contributed by atoms with E-state index < -0.39 is 29.6 Å². The normalized spacial score (nSPS) is 14.0. The van der Waals surface area contributed by atoms with Crippen LogP contribution in [0.4, 0.5) is 11.4 Å². The lowest BCUT2D eigenvalue weighted by Gasteiger charge is -2.23. The zero-order chi connectivity index (χ0) is 18.8. The van der Waals surface area contributed by atoms with Gasteiger partial charge in [-0.15, -0.1) is 0 Å². The lowest BCUT2D eigenvalue weighted by Crippen LogP contribution is -2.45. The van der Waals surface area contributed by atoms with E-state index in [9.17, 15) is 19.2 Å². The number of Topliss-reactive ketones (excluding diaryl/α,β-unsaturated/α-hetero) is 1. The van der Waals surface area contributed by atoms with Gasteiger partial charge < -0.3 is 10.1 Å². The molecule has 7 nitrogen and oxygen atoms in total. The Bertz CT molecular complexity index is 922. The lowest BCUT2D eigenvalue weighted by atomic mass is 10.1. The van der Waals surface area contributed by atoms with Crippen molar-refractivity contribution in [2.75, 3.05) is 17.3 Å². The van der Waals surface area contributed by atoms with E-state index in [1.807, 2.05) is 0 Å². The van der Waals surface area contributed by atoms with Crippen molar-refractivity contribution in [2.24, 2.45) is 0 Å². The van der Waals surface area contributed by atoms with Gasteiger partial charge in [0.15, 0.2) is 0 Å². The van der Waals surface area contributed by atoms with Gasteiger partial charge in [0.25, 0.3) is 11.7 Å². The SMILES string of the molecule is COC(=O)c1cccc(NC(=O)C(C)N2C(=O)C(=O)c3ccccc32)c1. The molecule has 0 fully saturated rings. The summed E-state index contributed by atoms with van der Waals surface area (Å²) in [5.41, 5.74) is 1.37. The van der Waals surface area contributed by atoms with Gasteiger partial charge in [0.1, 0.15) is 6.04 Å². The van der Waals surface area contributed by atoms with Crippen molar-refractivity contribution >= 4 is 34.9 Å². The van der Waals surface area contributed by atoms with Crippen LogP contribution < -0.4 is 10.2 Å². The Labute approximate surface area is 149 Å². The summed E-state index contributed by atoms with van der Waals surface area (Å²) in [6.45, 7) is 1.53. The zero-order valence-electron chi connectivity index (χ0n) is 14.2. The molecular formula is C19H16N2O5. The van der Waals surface area contributed by atoms with Gasteiger partial charge in [0.05, 0.1) is 23.9 Å². The molecule has 0 bridgehead atoms. The maximum atomic E-state index is 12.6. The Morgan fingerprint density at radius 3 is 2.54 bits per heavy atom. The summed E-state index contributed by atoms with van der Waals surface area (Å²) in [7, 11) is 1.27. The molecule has 2 aromatic rings. The minimum Gasteiger partial charge on any atom is -0.465 e. The van der Waals surface area contributed by atoms with Crippen LogP contribution >= 0.6 is 0 Å². The number of hydrogen-bond acceptors (Lipinski definition) is 5. The molecule has 132 valence electrons. The summed E-state index contributed by atoms with van der Waals surface area (Å²) in [6, 6.07) is 11.9. The molecule has 7 heteroatoms. The van der Waals surface area contributed by atoms with Crippen molar-refractivity contribution < 1.29 is 23.9 Å². The highest BCUT2D eigenvalue weighted by Gasteiger charge is 2.40. The standard InChI is InChI=1S/C19H16N2O5/c1-11(21-15-9-4-3-8-14(15)16(22)18(21)24)17(23)20-13-7-5-6-12(10-13)19(25)26-2/h3-11H,1-2H3,(H,20,23). The molecule has 1 unspecified atom stereocenters. The van der Waals surface area contributed by atoms with Gasteiger partial charge in [-0.25, -0.2) is 4.79 Å². The Hall–Kier alpha value is -3.48. The van der Waals surface area contributed by atoms with Crippen LogP contribution in [-0.2, 0) is 14.3 Å². The zero-order valence-corrected chi connectivity index (χ0v) is 14.2. The fourth-order valence-corrected chi connectivity index (χ4v) is 2.80. The molecule has 2 aromatic carbocycles. The van der Waals surface area contributed by atoms with E-state index in [0.29, 0.717) is 11.4 Å². The second-order valence-electron chi connectivity index (χ2n) is 5.76. The first-order chi connectivity index (χ1) is 12.4. The van der Waals surface area contributed by atoms with Crippen molar-refractivity contribution in [3.8, 4) is 0 Å². The number of carbonyl (C=O) groups excluding carboxylic acids is 4. The van der Waals surface area contributed by atoms with E-state index in [-0.39, 0.29) is 11.1 Å². The topological polar surface area (TPSA) is 92.8 Å². The molecule has 1 N–H and O–H groups in total. The largest absolute Gasteiger partial charge is 0.465 e. The van der Waals surface area contributed by atoms with Crippen LogP contribution in [-0.4, -0.2) is 36.7 Å². The number of ether oxygens (including phenoxy) is 1. The maximum absolute atomic E-state index is 12.6. The molecule has 0 aromatic heterocycles. The number of rotatable bonds is 4. The molecule has 1 heterocycles. The minimum atomic E-state index is -0.906. The van der Waals surface area contributed by atoms with Crippen LogP contribution in [0.3, 0.4) is 0 Å². The summed E-state index contributed by atoms with van der Waals surface area (Å²) in [5, 5.41) is 2.65. The molecule has 0 radical (unpaired) electrons. The first kappa shape index (κ1) is 17.3. The number of nitrogens with one attached hydrogen (secondary N) is 1. The van der Waals surface area contributed by atoms with E-state index in [0.717, 1.165) is 0 Å². The highest BCUT2D eigenvalue weighted by Crippen LogP contribution is 2.30. The number of fused-ring (bicyclic) bond motifs is 1. The van der Waals surface area contributed by atoms with Crippen LogP contribution in [0.5, 0.6) is 0 Å². The van der Waals surface area contributed by atoms with Crippen molar-refractivity contribution in [1.82, 2.24) is 0 Å². The summed E-state index contributed by atoms with van der Waals surface area (Å²) >= 11 is 0. The summed E-state index contributed by atoms with van der Waals surface area (Å²) in [6.07, 6.45) is 0. The summed E-state index contributed by atoms with van der Waals surface area (Å²) in [4.78, 5) is 49.7. The molecule has 1 aliphatic rings. The Morgan fingerprint density at radius 2 is 1.81 bits per heavy atom. The van der Waals surface area contributed by atoms with Crippen LogP contribution in [0.2, 0.25) is 0 Å². The third-order valence-corrected chi connectivity index (χ3v) is 4.14.